The van der Waals surface area contributed by atoms with E-state index in [2.05, 4.69) is 21.6 Å². The molecule has 2 heterocycles. The van der Waals surface area contributed by atoms with Crippen LogP contribution >= 0.6 is 0 Å². The molecule has 0 atom stereocenters. The highest BCUT2D eigenvalue weighted by atomic mass is 16.2. The maximum atomic E-state index is 13.0. The van der Waals surface area contributed by atoms with E-state index < -0.39 is 0 Å². The van der Waals surface area contributed by atoms with Crippen LogP contribution in [0.2, 0.25) is 0 Å². The summed E-state index contributed by atoms with van der Waals surface area (Å²) in [5, 5.41) is 12.8. The lowest BCUT2D eigenvalue weighted by Crippen LogP contribution is -2.30. The number of nitrogens with one attached hydrogen (secondary N) is 1. The topological polar surface area (TPSA) is 81.8 Å². The van der Waals surface area contributed by atoms with Crippen molar-refractivity contribution in [2.75, 3.05) is 6.54 Å². The second-order valence-electron chi connectivity index (χ2n) is 8.13. The Balaban J connectivity index is 1.46. The number of fused-ring (bicyclic) bond motifs is 1. The summed E-state index contributed by atoms with van der Waals surface area (Å²) in [7, 11) is 0. The number of carbonyl (C=O) groups excluding carboxylic acids is 1. The van der Waals surface area contributed by atoms with E-state index in [0.29, 0.717) is 12.1 Å². The van der Waals surface area contributed by atoms with Gasteiger partial charge in [0, 0.05) is 13.0 Å². The molecule has 3 aromatic rings. The highest BCUT2D eigenvalue weighted by Crippen LogP contribution is 2.21. The number of allylic oxidation sites excluding steroid dienone is 1. The quantitative estimate of drug-likeness (QED) is 0.593. The molecule has 31 heavy (non-hydrogen) atoms. The van der Waals surface area contributed by atoms with E-state index in [4.69, 9.17) is 0 Å². The molecule has 1 aromatic carbocycles. The third-order valence-electron chi connectivity index (χ3n) is 5.89. The molecular formula is C24H29N5O2. The van der Waals surface area contributed by atoms with E-state index in [1.807, 2.05) is 44.2 Å². The molecule has 0 aliphatic heterocycles. The van der Waals surface area contributed by atoms with Crippen LogP contribution < -0.4 is 10.9 Å². The Labute approximate surface area is 181 Å². The fourth-order valence-corrected chi connectivity index (χ4v) is 4.25. The van der Waals surface area contributed by atoms with Crippen molar-refractivity contribution in [2.24, 2.45) is 0 Å². The zero-order valence-electron chi connectivity index (χ0n) is 18.2. The molecule has 7 heteroatoms. The molecule has 1 aliphatic rings. The van der Waals surface area contributed by atoms with Crippen molar-refractivity contribution in [3.8, 4) is 5.69 Å². The van der Waals surface area contributed by atoms with Crippen LogP contribution in [0.15, 0.2) is 46.8 Å². The van der Waals surface area contributed by atoms with Gasteiger partial charge in [-0.05, 0) is 58.1 Å². The molecule has 1 aliphatic carbocycles. The number of nitrogens with zero attached hydrogens (tertiary/aromatic N) is 4. The Morgan fingerprint density at radius 2 is 1.94 bits per heavy atom. The Morgan fingerprint density at radius 3 is 2.68 bits per heavy atom. The van der Waals surface area contributed by atoms with E-state index >= 15 is 0 Å². The van der Waals surface area contributed by atoms with Crippen molar-refractivity contribution in [1.29, 1.82) is 0 Å². The molecule has 1 amide bonds. The fourth-order valence-electron chi connectivity index (χ4n) is 4.25. The zero-order chi connectivity index (χ0) is 21.8. The van der Waals surface area contributed by atoms with E-state index in [-0.39, 0.29) is 24.4 Å². The molecule has 4 rings (SSSR count). The minimum Gasteiger partial charge on any atom is -0.356 e. The van der Waals surface area contributed by atoms with E-state index in [1.165, 1.54) is 23.1 Å². The van der Waals surface area contributed by atoms with Gasteiger partial charge in [-0.15, -0.1) is 0 Å². The van der Waals surface area contributed by atoms with Crippen LogP contribution in [0.1, 0.15) is 49.9 Å². The van der Waals surface area contributed by atoms with Crippen LogP contribution in [0.3, 0.4) is 0 Å². The zero-order valence-corrected chi connectivity index (χ0v) is 18.2. The van der Waals surface area contributed by atoms with E-state index in [9.17, 15) is 9.59 Å². The number of hydrogen-bond donors (Lipinski definition) is 1. The van der Waals surface area contributed by atoms with Gasteiger partial charge in [-0.2, -0.15) is 10.2 Å². The molecule has 2 aromatic heterocycles. The van der Waals surface area contributed by atoms with Gasteiger partial charge in [0.2, 0.25) is 5.91 Å². The first-order chi connectivity index (χ1) is 15.0. The first kappa shape index (κ1) is 21.0. The lowest BCUT2D eigenvalue weighted by molar-refractivity contribution is -0.121. The minimum atomic E-state index is -0.265. The third-order valence-corrected chi connectivity index (χ3v) is 5.89. The highest BCUT2D eigenvalue weighted by Gasteiger charge is 2.17. The summed E-state index contributed by atoms with van der Waals surface area (Å²) in [6, 6.07) is 9.72. The number of para-hydroxylation sites is 1. The van der Waals surface area contributed by atoms with Gasteiger partial charge in [0.1, 0.15) is 0 Å². The van der Waals surface area contributed by atoms with Crippen molar-refractivity contribution in [2.45, 2.75) is 58.9 Å². The van der Waals surface area contributed by atoms with Gasteiger partial charge in [0.25, 0.3) is 5.56 Å². The Bertz CT molecular complexity index is 1170. The molecule has 162 valence electrons. The molecular weight excluding hydrogens is 390 g/mol. The van der Waals surface area contributed by atoms with Gasteiger partial charge in [0.05, 0.1) is 29.0 Å². The van der Waals surface area contributed by atoms with Gasteiger partial charge in [0.15, 0.2) is 5.52 Å². The van der Waals surface area contributed by atoms with Crippen molar-refractivity contribution in [3.63, 3.8) is 0 Å². The number of amides is 1. The van der Waals surface area contributed by atoms with E-state index in [0.717, 1.165) is 41.7 Å². The Morgan fingerprint density at radius 1 is 1.13 bits per heavy atom. The summed E-state index contributed by atoms with van der Waals surface area (Å²) in [6.07, 6.45) is 8.23. The Hall–Kier alpha value is -3.22. The fraction of sp³-hybridized carbons (Fsp3) is 0.417. The molecule has 0 saturated carbocycles. The second-order valence-corrected chi connectivity index (χ2v) is 8.13. The minimum absolute atomic E-state index is 0.0612. The normalized spacial score (nSPS) is 13.9. The van der Waals surface area contributed by atoms with Gasteiger partial charge in [-0.1, -0.05) is 29.8 Å². The first-order valence-corrected chi connectivity index (χ1v) is 11.0. The van der Waals surface area contributed by atoms with Gasteiger partial charge in [-0.3, -0.25) is 9.59 Å². The van der Waals surface area contributed by atoms with Crippen LogP contribution in [0.4, 0.5) is 0 Å². The molecule has 1 N–H and O–H groups in total. The average molecular weight is 420 g/mol. The maximum absolute atomic E-state index is 13.0. The standard InChI is InChI=1S/C24H29N5O2/c1-17-22-18(2)29(20-11-7-4-8-12-20)27-23(22)24(31)28(26-17)16-14-21(30)25-15-13-19-9-5-3-6-10-19/h4,7-9,11-12H,3,5-6,10,13-16H2,1-2H3,(H,25,30). The molecule has 0 spiro atoms. The maximum Gasteiger partial charge on any atom is 0.295 e. The summed E-state index contributed by atoms with van der Waals surface area (Å²) in [4.78, 5) is 25.3. The first-order valence-electron chi connectivity index (χ1n) is 11.0. The monoisotopic (exact) mass is 419 g/mol. The number of aryl methyl sites for hydroxylation is 3. The number of rotatable bonds is 7. The van der Waals surface area contributed by atoms with Crippen LogP contribution in [0.5, 0.6) is 0 Å². The van der Waals surface area contributed by atoms with Gasteiger partial charge in [-0.25, -0.2) is 9.36 Å². The molecule has 0 unspecified atom stereocenters. The molecule has 7 nitrogen and oxygen atoms in total. The summed E-state index contributed by atoms with van der Waals surface area (Å²) in [5.74, 6) is -0.0612. The Kier molecular flexibility index (Phi) is 6.30. The SMILES string of the molecule is Cc1nn(CCC(=O)NCCC2=CCCCC2)c(=O)c2nn(-c3ccccc3)c(C)c12. The molecule has 0 radical (unpaired) electrons. The molecule has 0 saturated heterocycles. The number of hydrogen-bond acceptors (Lipinski definition) is 4. The van der Waals surface area contributed by atoms with Crippen LogP contribution in [0, 0.1) is 13.8 Å². The summed E-state index contributed by atoms with van der Waals surface area (Å²) >= 11 is 0. The van der Waals surface area contributed by atoms with Crippen LogP contribution in [0.25, 0.3) is 16.6 Å². The lowest BCUT2D eigenvalue weighted by atomic mass is 9.97. The third kappa shape index (κ3) is 4.60. The number of aromatic nitrogens is 4. The highest BCUT2D eigenvalue weighted by molar-refractivity contribution is 5.83. The predicted molar refractivity (Wildman–Crippen MR) is 121 cm³/mol. The summed E-state index contributed by atoms with van der Waals surface area (Å²) in [6.45, 7) is 4.70. The summed E-state index contributed by atoms with van der Waals surface area (Å²) in [5.41, 5.74) is 4.07. The van der Waals surface area contributed by atoms with Gasteiger partial charge >= 0.3 is 0 Å². The van der Waals surface area contributed by atoms with Crippen molar-refractivity contribution in [1.82, 2.24) is 24.9 Å². The van der Waals surface area contributed by atoms with Crippen molar-refractivity contribution >= 4 is 16.8 Å². The van der Waals surface area contributed by atoms with Crippen LogP contribution in [-0.4, -0.2) is 32.0 Å². The van der Waals surface area contributed by atoms with Crippen LogP contribution in [-0.2, 0) is 11.3 Å². The van der Waals surface area contributed by atoms with E-state index in [1.54, 1.807) is 4.68 Å². The number of carbonyl (C=O) groups is 1. The summed E-state index contributed by atoms with van der Waals surface area (Å²) < 4.78 is 3.14. The molecule has 0 fully saturated rings. The predicted octanol–water partition coefficient (Wildman–Crippen LogP) is 3.60. The second kappa shape index (κ2) is 9.29. The van der Waals surface area contributed by atoms with Crippen molar-refractivity contribution in [3.05, 3.63) is 63.7 Å². The largest absolute Gasteiger partial charge is 0.356 e. The number of benzene rings is 1. The lowest BCUT2D eigenvalue weighted by Gasteiger charge is -2.13. The molecule has 0 bridgehead atoms. The van der Waals surface area contributed by atoms with Crippen molar-refractivity contribution < 1.29 is 4.79 Å². The average Bonchev–Trinajstić information content (AvgIpc) is 3.14. The smallest absolute Gasteiger partial charge is 0.295 e. The van der Waals surface area contributed by atoms with Gasteiger partial charge < -0.3 is 5.32 Å².